The summed E-state index contributed by atoms with van der Waals surface area (Å²) in [5.41, 5.74) is 11.4. The van der Waals surface area contributed by atoms with Gasteiger partial charge in [0.2, 0.25) is 0 Å². The molecule has 2 N–H and O–H groups in total. The summed E-state index contributed by atoms with van der Waals surface area (Å²) >= 11 is 0. The largest absolute Gasteiger partial charge is 0.493 e. The Hall–Kier alpha value is -1.22. The summed E-state index contributed by atoms with van der Waals surface area (Å²) in [4.78, 5) is 0. The second-order valence-corrected chi connectivity index (χ2v) is 6.46. The highest BCUT2D eigenvalue weighted by molar-refractivity contribution is 5.61. The van der Waals surface area contributed by atoms with E-state index >= 15 is 0 Å². The summed E-state index contributed by atoms with van der Waals surface area (Å²) in [6.07, 6.45) is 2.98. The van der Waals surface area contributed by atoms with E-state index in [0.717, 1.165) is 44.0 Å². The van der Waals surface area contributed by atoms with Crippen LogP contribution in [-0.2, 0) is 19.3 Å². The van der Waals surface area contributed by atoms with Crippen LogP contribution in [0.5, 0.6) is 11.5 Å². The minimum atomic E-state index is 0.103. The average Bonchev–Trinajstić information content (AvgIpc) is 3.03. The molecule has 0 aromatic heterocycles. The molecule has 1 aromatic rings. The summed E-state index contributed by atoms with van der Waals surface area (Å²) in [7, 11) is 0. The molecule has 1 aromatic carbocycles. The van der Waals surface area contributed by atoms with E-state index in [2.05, 4.69) is 20.8 Å². The van der Waals surface area contributed by atoms with E-state index in [9.17, 15) is 0 Å². The number of hydrogen-bond acceptors (Lipinski definition) is 3. The predicted molar refractivity (Wildman–Crippen MR) is 76.1 cm³/mol. The maximum Gasteiger partial charge on any atom is 0.126 e. The molecule has 2 aliphatic heterocycles. The second kappa shape index (κ2) is 4.41. The van der Waals surface area contributed by atoms with Gasteiger partial charge >= 0.3 is 0 Å². The van der Waals surface area contributed by atoms with Crippen molar-refractivity contribution in [3.63, 3.8) is 0 Å². The molecule has 0 saturated heterocycles. The fraction of sp³-hybridized carbons (Fsp3) is 0.625. The van der Waals surface area contributed by atoms with Gasteiger partial charge in [-0.05, 0) is 30.9 Å². The van der Waals surface area contributed by atoms with E-state index in [1.165, 1.54) is 22.3 Å². The van der Waals surface area contributed by atoms with Crippen LogP contribution in [-0.4, -0.2) is 19.8 Å². The number of nitrogens with two attached hydrogens (primary N) is 1. The van der Waals surface area contributed by atoms with Crippen LogP contribution in [0.4, 0.5) is 0 Å². The fourth-order valence-electron chi connectivity index (χ4n) is 3.17. The van der Waals surface area contributed by atoms with Crippen molar-refractivity contribution in [2.45, 2.75) is 40.0 Å². The summed E-state index contributed by atoms with van der Waals surface area (Å²) in [6.45, 7) is 8.89. The third kappa shape index (κ3) is 2.00. The SMILES string of the molecule is Cc1c2c(c(CC(C)(C)CN)c3c1OCC3)OCC2. The van der Waals surface area contributed by atoms with E-state index in [1.807, 2.05) is 0 Å². The standard InChI is InChI=1S/C16H23NO2/c1-10-11-4-6-19-15(11)13(8-16(2,3)9-17)12-5-7-18-14(10)12/h4-9,17H2,1-3H3. The van der Waals surface area contributed by atoms with Crippen LogP contribution >= 0.6 is 0 Å². The van der Waals surface area contributed by atoms with Crippen LogP contribution in [0.1, 0.15) is 36.1 Å². The number of benzene rings is 1. The zero-order valence-electron chi connectivity index (χ0n) is 12.1. The van der Waals surface area contributed by atoms with Crippen molar-refractivity contribution >= 4 is 0 Å². The van der Waals surface area contributed by atoms with Crippen molar-refractivity contribution in [1.82, 2.24) is 0 Å². The van der Waals surface area contributed by atoms with Crippen LogP contribution in [0.25, 0.3) is 0 Å². The normalized spacial score (nSPS) is 16.8. The Morgan fingerprint density at radius 2 is 1.68 bits per heavy atom. The molecule has 0 amide bonds. The molecule has 0 aliphatic carbocycles. The highest BCUT2D eigenvalue weighted by Crippen LogP contribution is 2.45. The zero-order chi connectivity index (χ0) is 13.6. The lowest BCUT2D eigenvalue weighted by Crippen LogP contribution is -2.26. The van der Waals surface area contributed by atoms with Crippen molar-refractivity contribution in [2.75, 3.05) is 19.8 Å². The molecule has 19 heavy (non-hydrogen) atoms. The molecule has 3 heteroatoms. The Labute approximate surface area is 115 Å². The molecule has 0 unspecified atom stereocenters. The number of ether oxygens (including phenoxy) is 2. The molecule has 104 valence electrons. The van der Waals surface area contributed by atoms with E-state index in [4.69, 9.17) is 15.2 Å². The van der Waals surface area contributed by atoms with Crippen molar-refractivity contribution < 1.29 is 9.47 Å². The topological polar surface area (TPSA) is 44.5 Å². The first-order chi connectivity index (χ1) is 9.03. The molecule has 0 radical (unpaired) electrons. The Balaban J connectivity index is 2.13. The number of hydrogen-bond donors (Lipinski definition) is 1. The van der Waals surface area contributed by atoms with Gasteiger partial charge in [0.1, 0.15) is 11.5 Å². The highest BCUT2D eigenvalue weighted by Gasteiger charge is 2.31. The van der Waals surface area contributed by atoms with Gasteiger partial charge in [-0.2, -0.15) is 0 Å². The Bertz CT molecular complexity index is 485. The lowest BCUT2D eigenvalue weighted by Gasteiger charge is -2.25. The van der Waals surface area contributed by atoms with Gasteiger partial charge in [-0.3, -0.25) is 0 Å². The zero-order valence-corrected chi connectivity index (χ0v) is 12.1. The number of fused-ring (bicyclic) bond motifs is 2. The lowest BCUT2D eigenvalue weighted by atomic mass is 9.82. The van der Waals surface area contributed by atoms with Crippen LogP contribution in [0.3, 0.4) is 0 Å². The van der Waals surface area contributed by atoms with Crippen LogP contribution in [0.15, 0.2) is 0 Å². The Morgan fingerprint density at radius 3 is 2.37 bits per heavy atom. The summed E-state index contributed by atoms with van der Waals surface area (Å²) in [5, 5.41) is 0. The fourth-order valence-corrected chi connectivity index (χ4v) is 3.17. The highest BCUT2D eigenvalue weighted by atomic mass is 16.5. The Morgan fingerprint density at radius 1 is 1.05 bits per heavy atom. The van der Waals surface area contributed by atoms with Gasteiger partial charge in [0, 0.05) is 29.5 Å². The average molecular weight is 261 g/mol. The molecule has 3 nitrogen and oxygen atoms in total. The molecule has 0 spiro atoms. The van der Waals surface area contributed by atoms with Gasteiger partial charge in [0.15, 0.2) is 0 Å². The van der Waals surface area contributed by atoms with Gasteiger partial charge in [0.25, 0.3) is 0 Å². The molecule has 0 atom stereocenters. The van der Waals surface area contributed by atoms with E-state index in [1.54, 1.807) is 0 Å². The van der Waals surface area contributed by atoms with Gasteiger partial charge in [-0.1, -0.05) is 13.8 Å². The molecule has 2 aliphatic rings. The van der Waals surface area contributed by atoms with E-state index in [0.29, 0.717) is 6.54 Å². The summed E-state index contributed by atoms with van der Waals surface area (Å²) in [6, 6.07) is 0. The van der Waals surface area contributed by atoms with Crippen molar-refractivity contribution in [3.8, 4) is 11.5 Å². The first-order valence-electron chi connectivity index (χ1n) is 7.16. The smallest absolute Gasteiger partial charge is 0.126 e. The molecule has 0 fully saturated rings. The maximum atomic E-state index is 5.93. The third-order valence-corrected chi connectivity index (χ3v) is 4.38. The third-order valence-electron chi connectivity index (χ3n) is 4.38. The minimum Gasteiger partial charge on any atom is -0.493 e. The molecule has 2 heterocycles. The van der Waals surface area contributed by atoms with Gasteiger partial charge in [0.05, 0.1) is 13.2 Å². The maximum absolute atomic E-state index is 5.93. The predicted octanol–water partition coefficient (Wildman–Crippen LogP) is 2.39. The van der Waals surface area contributed by atoms with Crippen LogP contribution in [0.2, 0.25) is 0 Å². The summed E-state index contributed by atoms with van der Waals surface area (Å²) in [5.74, 6) is 2.25. The van der Waals surface area contributed by atoms with Crippen molar-refractivity contribution in [3.05, 3.63) is 22.3 Å². The van der Waals surface area contributed by atoms with Crippen LogP contribution < -0.4 is 15.2 Å². The molecule has 0 saturated carbocycles. The molecule has 3 rings (SSSR count). The molecule has 0 bridgehead atoms. The van der Waals surface area contributed by atoms with Gasteiger partial charge in [-0.15, -0.1) is 0 Å². The van der Waals surface area contributed by atoms with E-state index < -0.39 is 0 Å². The lowest BCUT2D eigenvalue weighted by molar-refractivity contribution is 0.336. The summed E-state index contributed by atoms with van der Waals surface area (Å²) < 4.78 is 11.8. The van der Waals surface area contributed by atoms with Crippen LogP contribution in [0, 0.1) is 12.3 Å². The first-order valence-corrected chi connectivity index (χ1v) is 7.16. The van der Waals surface area contributed by atoms with E-state index in [-0.39, 0.29) is 5.41 Å². The van der Waals surface area contributed by atoms with Gasteiger partial charge < -0.3 is 15.2 Å². The number of rotatable bonds is 3. The monoisotopic (exact) mass is 261 g/mol. The minimum absolute atomic E-state index is 0.103. The molecular weight excluding hydrogens is 238 g/mol. The second-order valence-electron chi connectivity index (χ2n) is 6.46. The van der Waals surface area contributed by atoms with Gasteiger partial charge in [-0.25, -0.2) is 0 Å². The first kappa shape index (κ1) is 12.8. The van der Waals surface area contributed by atoms with Crippen molar-refractivity contribution in [1.29, 1.82) is 0 Å². The molecular formula is C16H23NO2. The quantitative estimate of drug-likeness (QED) is 0.908. The van der Waals surface area contributed by atoms with Crippen molar-refractivity contribution in [2.24, 2.45) is 11.1 Å². The Kier molecular flexibility index (Phi) is 2.97.